The maximum atomic E-state index is 15.8. The number of halogens is 2. The molecule has 248 valence electrons. The fourth-order valence-electron chi connectivity index (χ4n) is 5.82. The summed E-state index contributed by atoms with van der Waals surface area (Å²) >= 11 is 6.09. The van der Waals surface area contributed by atoms with Crippen molar-refractivity contribution < 1.29 is 35.9 Å². The van der Waals surface area contributed by atoms with Crippen LogP contribution in [0.4, 0.5) is 10.1 Å². The van der Waals surface area contributed by atoms with Crippen LogP contribution in [-0.2, 0) is 29.4 Å². The molecule has 0 aliphatic carbocycles. The fourth-order valence-corrected chi connectivity index (χ4v) is 8.71. The Morgan fingerprint density at radius 3 is 2.45 bits per heavy atom. The number of aliphatic hydroxyl groups excluding tert-OH is 1. The molecule has 5 rings (SSSR count). The number of rotatable bonds is 10. The van der Waals surface area contributed by atoms with Crippen LogP contribution in [0.1, 0.15) is 19.8 Å². The Morgan fingerprint density at radius 2 is 1.74 bits per heavy atom. The highest BCUT2D eigenvalue weighted by Gasteiger charge is 2.45. The quantitative estimate of drug-likeness (QED) is 0.250. The van der Waals surface area contributed by atoms with Crippen LogP contribution in [0.25, 0.3) is 21.9 Å². The van der Waals surface area contributed by atoms with Crippen molar-refractivity contribution in [3.05, 3.63) is 89.7 Å². The van der Waals surface area contributed by atoms with Crippen molar-refractivity contribution in [1.29, 1.82) is 0 Å². The molecule has 4 aromatic carbocycles. The molecule has 1 saturated heterocycles. The highest BCUT2D eigenvalue weighted by atomic mass is 35.5. The van der Waals surface area contributed by atoms with E-state index in [1.165, 1.54) is 37.3 Å². The molecule has 2 atom stereocenters. The number of benzene rings is 4. The Labute approximate surface area is 277 Å². The molecule has 47 heavy (non-hydrogen) atoms. The molecule has 14 heteroatoms. The molecule has 2 N–H and O–H groups in total. The molecule has 2 amide bonds. The van der Waals surface area contributed by atoms with Gasteiger partial charge in [-0.1, -0.05) is 48.0 Å². The van der Waals surface area contributed by atoms with Crippen molar-refractivity contribution >= 4 is 59.7 Å². The van der Waals surface area contributed by atoms with E-state index in [0.29, 0.717) is 27.8 Å². The minimum absolute atomic E-state index is 0.0207. The van der Waals surface area contributed by atoms with Crippen molar-refractivity contribution in [1.82, 2.24) is 9.62 Å². The average molecular weight is 702 g/mol. The molecule has 10 nitrogen and oxygen atoms in total. The predicted octanol–water partition coefficient (Wildman–Crippen LogP) is 4.39. The van der Waals surface area contributed by atoms with E-state index in [0.717, 1.165) is 21.5 Å². The van der Waals surface area contributed by atoms with E-state index in [4.69, 9.17) is 11.6 Å². The van der Waals surface area contributed by atoms with Gasteiger partial charge in [-0.2, -0.15) is 4.31 Å². The lowest BCUT2D eigenvalue weighted by molar-refractivity contribution is -0.128. The molecule has 2 unspecified atom stereocenters. The lowest BCUT2D eigenvalue weighted by atomic mass is 10.0. The Morgan fingerprint density at radius 1 is 1.04 bits per heavy atom. The topological polar surface area (TPSA) is 141 Å². The summed E-state index contributed by atoms with van der Waals surface area (Å²) in [5.41, 5.74) is 0.461. The van der Waals surface area contributed by atoms with E-state index < -0.39 is 49.6 Å². The number of nitrogens with zero attached hydrogens (tertiary/aromatic N) is 2. The van der Waals surface area contributed by atoms with Gasteiger partial charge in [0.25, 0.3) is 0 Å². The van der Waals surface area contributed by atoms with Crippen LogP contribution in [0.5, 0.6) is 0 Å². The summed E-state index contributed by atoms with van der Waals surface area (Å²) in [6, 6.07) is 16.8. The lowest BCUT2D eigenvalue weighted by Gasteiger charge is -2.40. The number of carbonyl (C=O) groups excluding carboxylic acids is 2. The van der Waals surface area contributed by atoms with E-state index >= 15 is 4.39 Å². The second kappa shape index (κ2) is 13.7. The normalized spacial score (nSPS) is 16.4. The molecule has 0 saturated carbocycles. The third-order valence-corrected chi connectivity index (χ3v) is 11.4. The zero-order valence-electron chi connectivity index (χ0n) is 25.6. The third kappa shape index (κ3) is 7.04. The van der Waals surface area contributed by atoms with Gasteiger partial charge >= 0.3 is 0 Å². The van der Waals surface area contributed by atoms with Gasteiger partial charge in [0.05, 0.1) is 22.1 Å². The molecule has 1 heterocycles. The number of nitrogens with one attached hydrogen (secondary N) is 1. The molecular weight excluding hydrogens is 669 g/mol. The van der Waals surface area contributed by atoms with Gasteiger partial charge in [-0.05, 0) is 78.6 Å². The minimum atomic E-state index is -4.50. The van der Waals surface area contributed by atoms with Crippen molar-refractivity contribution in [3.8, 4) is 11.1 Å². The van der Waals surface area contributed by atoms with Crippen LogP contribution >= 0.6 is 11.6 Å². The monoisotopic (exact) mass is 701 g/mol. The third-order valence-electron chi connectivity index (χ3n) is 8.07. The maximum Gasteiger partial charge on any atom is 0.245 e. The maximum absolute atomic E-state index is 15.8. The summed E-state index contributed by atoms with van der Waals surface area (Å²) in [7, 11) is -8.13. The first kappa shape index (κ1) is 34.5. The van der Waals surface area contributed by atoms with E-state index in [2.05, 4.69) is 5.32 Å². The number of carbonyl (C=O) groups is 2. The molecule has 4 aromatic rings. The molecule has 1 aliphatic rings. The number of fused-ring (bicyclic) bond motifs is 1. The van der Waals surface area contributed by atoms with Crippen LogP contribution in [0.3, 0.4) is 0 Å². The number of sulfone groups is 1. The fraction of sp³-hybridized carbons (Fsp3) is 0.273. The van der Waals surface area contributed by atoms with Crippen LogP contribution in [0.2, 0.25) is 5.02 Å². The van der Waals surface area contributed by atoms with Gasteiger partial charge in [0, 0.05) is 29.9 Å². The lowest BCUT2D eigenvalue weighted by Crippen LogP contribution is -2.59. The number of sulfonamides is 1. The Hall–Kier alpha value is -3.88. The molecule has 1 fully saturated rings. The first-order valence-corrected chi connectivity index (χ1v) is 18.5. The summed E-state index contributed by atoms with van der Waals surface area (Å²) in [6.07, 6.45) is 1.42. The summed E-state index contributed by atoms with van der Waals surface area (Å²) in [4.78, 5) is 28.3. The van der Waals surface area contributed by atoms with Crippen LogP contribution < -0.4 is 10.2 Å². The number of hydrogen-bond acceptors (Lipinski definition) is 7. The molecule has 0 aromatic heterocycles. The average Bonchev–Trinajstić information content (AvgIpc) is 3.03. The number of aliphatic hydroxyl groups is 1. The highest BCUT2D eigenvalue weighted by Crippen LogP contribution is 2.35. The SMILES string of the molecule is CC(C(=O)NCCO)N(C1CCCN(c2ccc(-c3ccccc3S(C)(=O)=O)cc2F)C1=O)S(=O)(=O)c1ccc2cc(Cl)ccc2c1. The summed E-state index contributed by atoms with van der Waals surface area (Å²) in [6.45, 7) is 0.935. The van der Waals surface area contributed by atoms with Crippen molar-refractivity contribution in [2.45, 2.75) is 41.6 Å². The van der Waals surface area contributed by atoms with Gasteiger partial charge < -0.3 is 15.3 Å². The van der Waals surface area contributed by atoms with Gasteiger partial charge in [-0.15, -0.1) is 0 Å². The molecule has 0 spiro atoms. The van der Waals surface area contributed by atoms with Crippen molar-refractivity contribution in [3.63, 3.8) is 0 Å². The number of hydrogen-bond donors (Lipinski definition) is 2. The molecule has 0 radical (unpaired) electrons. The van der Waals surface area contributed by atoms with E-state index in [9.17, 15) is 31.5 Å². The Bertz CT molecular complexity index is 2080. The van der Waals surface area contributed by atoms with Crippen LogP contribution in [0.15, 0.2) is 88.7 Å². The summed E-state index contributed by atoms with van der Waals surface area (Å²) in [5.74, 6) is -2.26. The van der Waals surface area contributed by atoms with Gasteiger partial charge in [0.1, 0.15) is 17.9 Å². The zero-order chi connectivity index (χ0) is 34.1. The van der Waals surface area contributed by atoms with Crippen molar-refractivity contribution in [2.24, 2.45) is 0 Å². The van der Waals surface area contributed by atoms with E-state index in [1.807, 2.05) is 0 Å². The van der Waals surface area contributed by atoms with E-state index in [1.54, 1.807) is 42.5 Å². The second-order valence-electron chi connectivity index (χ2n) is 11.3. The largest absolute Gasteiger partial charge is 0.395 e. The smallest absolute Gasteiger partial charge is 0.245 e. The van der Waals surface area contributed by atoms with Gasteiger partial charge in [-0.3, -0.25) is 9.59 Å². The van der Waals surface area contributed by atoms with Gasteiger partial charge in [0.15, 0.2) is 9.84 Å². The number of amides is 2. The van der Waals surface area contributed by atoms with Gasteiger partial charge in [-0.25, -0.2) is 21.2 Å². The number of anilines is 1. The first-order valence-electron chi connectivity index (χ1n) is 14.8. The predicted molar refractivity (Wildman–Crippen MR) is 178 cm³/mol. The summed E-state index contributed by atoms with van der Waals surface area (Å²) in [5, 5.41) is 13.4. The van der Waals surface area contributed by atoms with Gasteiger partial charge in [0.2, 0.25) is 21.8 Å². The van der Waals surface area contributed by atoms with Crippen LogP contribution in [0, 0.1) is 5.82 Å². The van der Waals surface area contributed by atoms with Crippen LogP contribution in [-0.4, -0.2) is 76.1 Å². The summed E-state index contributed by atoms with van der Waals surface area (Å²) < 4.78 is 69.9. The van der Waals surface area contributed by atoms with E-state index in [-0.39, 0.29) is 47.2 Å². The zero-order valence-corrected chi connectivity index (χ0v) is 27.9. The Balaban J connectivity index is 1.54. The highest BCUT2D eigenvalue weighted by molar-refractivity contribution is 7.90. The minimum Gasteiger partial charge on any atom is -0.395 e. The Kier molecular flexibility index (Phi) is 10.0. The molecular formula is C33H33ClFN3O7S2. The second-order valence-corrected chi connectivity index (χ2v) is 15.5. The van der Waals surface area contributed by atoms with Crippen molar-refractivity contribution in [2.75, 3.05) is 30.9 Å². The molecule has 1 aliphatic heterocycles. The standard InChI is InChI=1S/C33H33ClFN3O7S2/c1-21(32(40)36-15-17-39)38(47(44,45)26-13-10-22-18-25(34)12-9-23(22)19-26)30-7-5-16-37(33(30)41)29-14-11-24(20-28(29)35)27-6-3-4-8-31(27)46(2,42)43/h3-4,6,8-14,18-21,30,39H,5,7,15-17H2,1-2H3,(H,36,40). The number of piperidine rings is 1. The first-order chi connectivity index (χ1) is 22.2. The molecule has 0 bridgehead atoms.